The summed E-state index contributed by atoms with van der Waals surface area (Å²) in [5, 5.41) is 0. The van der Waals surface area contributed by atoms with Gasteiger partial charge < -0.3 is 9.31 Å². The third-order valence-electron chi connectivity index (χ3n) is 6.56. The first-order valence-corrected chi connectivity index (χ1v) is 10.4. The van der Waals surface area contributed by atoms with Gasteiger partial charge in [0.25, 0.3) is 0 Å². The van der Waals surface area contributed by atoms with Gasteiger partial charge >= 0.3 is 7.69 Å². The SMILES string of the molecule is CC1(C)CCCc2cc(OBOc3ccc4c(c3)CCCC4(C)C)ccc21. The fourth-order valence-corrected chi connectivity index (χ4v) is 4.93. The molecule has 142 valence electrons. The molecule has 0 aromatic heterocycles. The van der Waals surface area contributed by atoms with E-state index in [0.717, 1.165) is 24.3 Å². The van der Waals surface area contributed by atoms with Gasteiger partial charge in [0.2, 0.25) is 0 Å². The highest BCUT2D eigenvalue weighted by Crippen LogP contribution is 2.39. The second-order valence-electron chi connectivity index (χ2n) is 9.52. The Kier molecular flexibility index (Phi) is 4.74. The van der Waals surface area contributed by atoms with Crippen LogP contribution in [0, 0.1) is 0 Å². The molecule has 0 amide bonds. The minimum atomic E-state index is 0.254. The monoisotopic (exact) mass is 362 g/mol. The molecule has 0 spiro atoms. The Balaban J connectivity index is 1.41. The van der Waals surface area contributed by atoms with E-state index in [9.17, 15) is 0 Å². The van der Waals surface area contributed by atoms with Crippen molar-refractivity contribution < 1.29 is 9.31 Å². The average molecular weight is 362 g/mol. The number of hydrogen-bond acceptors (Lipinski definition) is 2. The van der Waals surface area contributed by atoms with E-state index < -0.39 is 0 Å². The second-order valence-corrected chi connectivity index (χ2v) is 9.52. The van der Waals surface area contributed by atoms with Crippen molar-refractivity contribution in [1.29, 1.82) is 0 Å². The molecule has 0 bridgehead atoms. The van der Waals surface area contributed by atoms with E-state index in [4.69, 9.17) is 9.31 Å². The van der Waals surface area contributed by atoms with Crippen LogP contribution in [-0.2, 0) is 23.7 Å². The third-order valence-corrected chi connectivity index (χ3v) is 6.56. The third kappa shape index (κ3) is 3.74. The lowest BCUT2D eigenvalue weighted by Crippen LogP contribution is -2.24. The molecule has 0 saturated carbocycles. The van der Waals surface area contributed by atoms with E-state index in [1.54, 1.807) is 0 Å². The smallest absolute Gasteiger partial charge is 0.529 e. The highest BCUT2D eigenvalue weighted by atomic mass is 16.6. The molecule has 0 N–H and O–H groups in total. The van der Waals surface area contributed by atoms with Crippen LogP contribution < -0.4 is 9.31 Å². The Morgan fingerprint density at radius 3 is 1.59 bits per heavy atom. The summed E-state index contributed by atoms with van der Waals surface area (Å²) in [5.74, 6) is 1.82. The van der Waals surface area contributed by atoms with Crippen molar-refractivity contribution in [2.45, 2.75) is 77.0 Å². The molecule has 0 atom stereocenters. The highest BCUT2D eigenvalue weighted by molar-refractivity contribution is 6.20. The standard InChI is InChI=1S/C24H31BO2/c1-23(2)13-5-7-17-15-19(9-11-21(17)23)26-25-27-20-10-12-22-18(16-20)8-6-14-24(22,3)4/h9-12,15-16,25H,5-8,13-14H2,1-4H3. The molecule has 2 aromatic rings. The van der Waals surface area contributed by atoms with Gasteiger partial charge in [-0.1, -0.05) is 39.8 Å². The van der Waals surface area contributed by atoms with Crippen LogP contribution in [-0.4, -0.2) is 7.69 Å². The molecule has 2 aromatic carbocycles. The van der Waals surface area contributed by atoms with Gasteiger partial charge in [-0.2, -0.15) is 0 Å². The summed E-state index contributed by atoms with van der Waals surface area (Å²) < 4.78 is 11.8. The van der Waals surface area contributed by atoms with E-state index in [1.807, 2.05) is 0 Å². The first kappa shape index (κ1) is 18.5. The fourth-order valence-electron chi connectivity index (χ4n) is 4.93. The van der Waals surface area contributed by atoms with E-state index in [1.165, 1.54) is 47.9 Å². The minimum absolute atomic E-state index is 0.254. The zero-order chi connectivity index (χ0) is 19.1. The predicted octanol–water partition coefficient (Wildman–Crippen LogP) is 5.64. The van der Waals surface area contributed by atoms with Crippen molar-refractivity contribution in [2.75, 3.05) is 0 Å². The zero-order valence-electron chi connectivity index (χ0n) is 17.2. The predicted molar refractivity (Wildman–Crippen MR) is 113 cm³/mol. The molecular weight excluding hydrogens is 331 g/mol. The van der Waals surface area contributed by atoms with E-state index in [-0.39, 0.29) is 18.5 Å². The number of fused-ring (bicyclic) bond motifs is 2. The maximum absolute atomic E-state index is 5.91. The van der Waals surface area contributed by atoms with Crippen molar-refractivity contribution in [1.82, 2.24) is 0 Å². The normalized spacial score (nSPS) is 19.6. The molecule has 0 fully saturated rings. The lowest BCUT2D eigenvalue weighted by molar-refractivity contribution is 0.425. The molecule has 0 saturated heterocycles. The molecule has 27 heavy (non-hydrogen) atoms. The summed E-state index contributed by atoms with van der Waals surface area (Å²) in [6.07, 6.45) is 7.34. The molecule has 4 rings (SSSR count). The average Bonchev–Trinajstić information content (AvgIpc) is 2.61. The van der Waals surface area contributed by atoms with Gasteiger partial charge in [-0.25, -0.2) is 0 Å². The Morgan fingerprint density at radius 2 is 1.15 bits per heavy atom. The van der Waals surface area contributed by atoms with Gasteiger partial charge in [0.1, 0.15) is 11.5 Å². The van der Waals surface area contributed by atoms with Gasteiger partial charge in [0, 0.05) is 0 Å². The Morgan fingerprint density at radius 1 is 0.704 bits per heavy atom. The maximum atomic E-state index is 5.91. The van der Waals surface area contributed by atoms with Gasteiger partial charge in [0.05, 0.1) is 0 Å². The Hall–Kier alpha value is -1.90. The zero-order valence-corrected chi connectivity index (χ0v) is 17.2. The summed E-state index contributed by atoms with van der Waals surface area (Å²) in [6.45, 7) is 9.36. The molecule has 0 heterocycles. The molecule has 3 heteroatoms. The molecule has 2 aliphatic carbocycles. The number of aryl methyl sites for hydroxylation is 2. The van der Waals surface area contributed by atoms with Gasteiger partial charge in [-0.15, -0.1) is 0 Å². The summed E-state index contributed by atoms with van der Waals surface area (Å²) in [7, 11) is 0.254. The Labute approximate surface area is 164 Å². The van der Waals surface area contributed by atoms with Crippen LogP contribution in [0.2, 0.25) is 0 Å². The molecule has 0 radical (unpaired) electrons. The molecule has 0 unspecified atom stereocenters. The van der Waals surface area contributed by atoms with Gasteiger partial charge in [0.15, 0.2) is 0 Å². The van der Waals surface area contributed by atoms with Crippen LogP contribution in [0.4, 0.5) is 0 Å². The van der Waals surface area contributed by atoms with Crippen LogP contribution in [0.25, 0.3) is 0 Å². The lowest BCUT2D eigenvalue weighted by Gasteiger charge is -2.33. The van der Waals surface area contributed by atoms with Crippen LogP contribution in [0.15, 0.2) is 36.4 Å². The summed E-state index contributed by atoms with van der Waals surface area (Å²) >= 11 is 0. The van der Waals surface area contributed by atoms with E-state index in [0.29, 0.717) is 0 Å². The summed E-state index contributed by atoms with van der Waals surface area (Å²) in [4.78, 5) is 0. The molecular formula is C24H31BO2. The van der Waals surface area contributed by atoms with Crippen LogP contribution >= 0.6 is 0 Å². The van der Waals surface area contributed by atoms with Crippen molar-refractivity contribution >= 4 is 7.69 Å². The van der Waals surface area contributed by atoms with E-state index in [2.05, 4.69) is 64.1 Å². The maximum Gasteiger partial charge on any atom is 0.576 e. The van der Waals surface area contributed by atoms with Crippen molar-refractivity contribution in [2.24, 2.45) is 0 Å². The largest absolute Gasteiger partial charge is 0.576 e. The number of rotatable bonds is 4. The van der Waals surface area contributed by atoms with Crippen LogP contribution in [0.1, 0.15) is 75.6 Å². The van der Waals surface area contributed by atoms with Gasteiger partial charge in [-0.05, 0) is 95.9 Å². The number of benzene rings is 2. The molecule has 0 aliphatic heterocycles. The first-order chi connectivity index (χ1) is 12.9. The summed E-state index contributed by atoms with van der Waals surface area (Å²) in [5.41, 5.74) is 6.36. The second kappa shape index (κ2) is 6.93. The van der Waals surface area contributed by atoms with Crippen molar-refractivity contribution in [3.8, 4) is 11.5 Å². The fraction of sp³-hybridized carbons (Fsp3) is 0.500. The number of hydrogen-bond donors (Lipinski definition) is 0. The van der Waals surface area contributed by atoms with Crippen LogP contribution in [0.3, 0.4) is 0 Å². The quantitative estimate of drug-likeness (QED) is 0.656. The Bertz CT molecular complexity index is 769. The highest BCUT2D eigenvalue weighted by Gasteiger charge is 2.28. The topological polar surface area (TPSA) is 18.5 Å². The molecule has 2 nitrogen and oxygen atoms in total. The van der Waals surface area contributed by atoms with E-state index >= 15 is 0 Å². The summed E-state index contributed by atoms with van der Waals surface area (Å²) in [6, 6.07) is 13.1. The van der Waals surface area contributed by atoms with Crippen LogP contribution in [0.5, 0.6) is 11.5 Å². The first-order valence-electron chi connectivity index (χ1n) is 10.4. The van der Waals surface area contributed by atoms with Gasteiger partial charge in [-0.3, -0.25) is 0 Å². The molecule has 2 aliphatic rings. The lowest BCUT2D eigenvalue weighted by atomic mass is 9.73. The van der Waals surface area contributed by atoms with Crippen molar-refractivity contribution in [3.63, 3.8) is 0 Å². The minimum Gasteiger partial charge on any atom is -0.529 e. The van der Waals surface area contributed by atoms with Crippen molar-refractivity contribution in [3.05, 3.63) is 58.7 Å².